The van der Waals surface area contributed by atoms with E-state index in [1.807, 2.05) is 30.3 Å². The van der Waals surface area contributed by atoms with Gasteiger partial charge in [0.15, 0.2) is 6.61 Å². The maximum atomic E-state index is 12.5. The molecule has 8 heteroatoms. The van der Waals surface area contributed by atoms with Gasteiger partial charge in [-0.3, -0.25) is 4.79 Å². The van der Waals surface area contributed by atoms with Gasteiger partial charge in [0, 0.05) is 0 Å². The second kappa shape index (κ2) is 8.46. The van der Waals surface area contributed by atoms with Gasteiger partial charge in [-0.1, -0.05) is 47.5 Å². The van der Waals surface area contributed by atoms with E-state index in [2.05, 4.69) is 10.4 Å². The lowest BCUT2D eigenvalue weighted by molar-refractivity contribution is -0.119. The number of benzene rings is 2. The average Bonchev–Trinajstić information content (AvgIpc) is 2.98. The van der Waals surface area contributed by atoms with Crippen molar-refractivity contribution in [3.05, 3.63) is 75.5 Å². The van der Waals surface area contributed by atoms with Gasteiger partial charge in [0.2, 0.25) is 0 Å². The number of amides is 1. The molecule has 0 unspecified atom stereocenters. The zero-order chi connectivity index (χ0) is 20.3. The molecular weight excluding hydrogens is 401 g/mol. The molecule has 1 aromatic heterocycles. The van der Waals surface area contributed by atoms with E-state index in [1.54, 1.807) is 36.7 Å². The number of halogens is 2. The second-order valence-corrected chi connectivity index (χ2v) is 6.83. The number of anilines is 1. The molecule has 0 spiro atoms. The molecule has 0 aliphatic rings. The molecule has 0 atom stereocenters. The lowest BCUT2D eigenvalue weighted by Crippen LogP contribution is -2.21. The van der Waals surface area contributed by atoms with E-state index in [0.717, 1.165) is 5.69 Å². The number of hydrogen-bond donors (Lipinski definition) is 1. The summed E-state index contributed by atoms with van der Waals surface area (Å²) in [5.74, 6) is -1.17. The molecule has 1 heterocycles. The molecule has 0 fully saturated rings. The van der Waals surface area contributed by atoms with E-state index in [9.17, 15) is 9.59 Å². The molecule has 0 aliphatic heterocycles. The first-order valence-electron chi connectivity index (χ1n) is 8.41. The Morgan fingerprint density at radius 1 is 1.04 bits per heavy atom. The summed E-state index contributed by atoms with van der Waals surface area (Å²) in [5, 5.41) is 7.53. The molecule has 28 heavy (non-hydrogen) atoms. The van der Waals surface area contributed by atoms with Gasteiger partial charge in [-0.15, -0.1) is 0 Å². The van der Waals surface area contributed by atoms with Crippen LogP contribution in [0.4, 0.5) is 5.69 Å². The minimum absolute atomic E-state index is 0.274. The fraction of sp³-hybridized carbons (Fsp3) is 0.150. The number of hydrogen-bond acceptors (Lipinski definition) is 4. The van der Waals surface area contributed by atoms with E-state index >= 15 is 0 Å². The molecule has 1 amide bonds. The Balaban J connectivity index is 1.70. The average molecular weight is 418 g/mol. The topological polar surface area (TPSA) is 73.2 Å². The van der Waals surface area contributed by atoms with Crippen molar-refractivity contribution in [3.63, 3.8) is 0 Å². The van der Waals surface area contributed by atoms with Gasteiger partial charge in [-0.25, -0.2) is 9.48 Å². The molecule has 1 N–H and O–H groups in total. The van der Waals surface area contributed by atoms with Crippen LogP contribution in [0.1, 0.15) is 21.7 Å². The third kappa shape index (κ3) is 4.18. The van der Waals surface area contributed by atoms with Crippen molar-refractivity contribution in [3.8, 4) is 5.69 Å². The standard InChI is InChI=1S/C20H17Cl2N3O3/c1-12-18(13(2)25(24-12)14-7-4-3-5-8-14)20(27)28-11-17(26)23-19-15(21)9-6-10-16(19)22/h3-10H,11H2,1-2H3,(H,23,26). The highest BCUT2D eigenvalue weighted by molar-refractivity contribution is 6.39. The molecule has 3 aromatic rings. The van der Waals surface area contributed by atoms with Crippen molar-refractivity contribution in [1.29, 1.82) is 0 Å². The van der Waals surface area contributed by atoms with Gasteiger partial charge in [-0.05, 0) is 38.1 Å². The molecule has 144 valence electrons. The highest BCUT2D eigenvalue weighted by atomic mass is 35.5. The Morgan fingerprint density at radius 2 is 1.68 bits per heavy atom. The fourth-order valence-corrected chi connectivity index (χ4v) is 3.25. The first kappa shape index (κ1) is 19.9. The van der Waals surface area contributed by atoms with E-state index in [1.165, 1.54) is 0 Å². The first-order chi connectivity index (χ1) is 13.4. The number of carbonyl (C=O) groups excluding carboxylic acids is 2. The minimum Gasteiger partial charge on any atom is -0.452 e. The third-order valence-electron chi connectivity index (χ3n) is 4.06. The fourth-order valence-electron chi connectivity index (χ4n) is 2.75. The number of carbonyl (C=O) groups is 2. The van der Waals surface area contributed by atoms with Crippen LogP contribution in [0, 0.1) is 13.8 Å². The number of nitrogens with one attached hydrogen (secondary N) is 1. The van der Waals surface area contributed by atoms with E-state index in [0.29, 0.717) is 27.0 Å². The molecule has 0 saturated carbocycles. The summed E-state index contributed by atoms with van der Waals surface area (Å²) in [4.78, 5) is 24.6. The van der Waals surface area contributed by atoms with Crippen LogP contribution in [0.25, 0.3) is 5.69 Å². The van der Waals surface area contributed by atoms with Crippen LogP contribution in [-0.2, 0) is 9.53 Å². The normalized spacial score (nSPS) is 10.6. The summed E-state index contributed by atoms with van der Waals surface area (Å²) < 4.78 is 6.82. The monoisotopic (exact) mass is 417 g/mol. The van der Waals surface area contributed by atoms with Crippen molar-refractivity contribution >= 4 is 40.8 Å². The number of rotatable bonds is 5. The highest BCUT2D eigenvalue weighted by Gasteiger charge is 2.22. The number of esters is 1. The number of aromatic nitrogens is 2. The van der Waals surface area contributed by atoms with Gasteiger partial charge in [0.1, 0.15) is 5.56 Å². The van der Waals surface area contributed by atoms with Gasteiger partial charge in [-0.2, -0.15) is 5.10 Å². The van der Waals surface area contributed by atoms with Crippen molar-refractivity contribution in [2.45, 2.75) is 13.8 Å². The molecule has 0 saturated heterocycles. The second-order valence-electron chi connectivity index (χ2n) is 6.01. The number of para-hydroxylation sites is 2. The van der Waals surface area contributed by atoms with Crippen LogP contribution in [0.15, 0.2) is 48.5 Å². The molecule has 0 aliphatic carbocycles. The Morgan fingerprint density at radius 3 is 2.32 bits per heavy atom. The van der Waals surface area contributed by atoms with E-state index < -0.39 is 18.5 Å². The van der Waals surface area contributed by atoms with Crippen LogP contribution >= 0.6 is 23.2 Å². The molecule has 0 radical (unpaired) electrons. The quantitative estimate of drug-likeness (QED) is 0.615. The van der Waals surface area contributed by atoms with E-state index in [4.69, 9.17) is 27.9 Å². The summed E-state index contributed by atoms with van der Waals surface area (Å²) in [5.41, 5.74) is 2.57. The van der Waals surface area contributed by atoms with Crippen molar-refractivity contribution in [2.75, 3.05) is 11.9 Å². The SMILES string of the molecule is Cc1nn(-c2ccccc2)c(C)c1C(=O)OCC(=O)Nc1c(Cl)cccc1Cl. The zero-order valence-electron chi connectivity index (χ0n) is 15.2. The summed E-state index contributed by atoms with van der Waals surface area (Å²) >= 11 is 12.0. The molecule has 6 nitrogen and oxygen atoms in total. The van der Waals surface area contributed by atoms with Crippen molar-refractivity contribution in [2.24, 2.45) is 0 Å². The molecule has 2 aromatic carbocycles. The lowest BCUT2D eigenvalue weighted by Gasteiger charge is -2.10. The summed E-state index contributed by atoms with van der Waals surface area (Å²) in [6.07, 6.45) is 0. The zero-order valence-corrected chi connectivity index (χ0v) is 16.7. The summed E-state index contributed by atoms with van der Waals surface area (Å²) in [6, 6.07) is 14.3. The van der Waals surface area contributed by atoms with Crippen LogP contribution in [-0.4, -0.2) is 28.3 Å². The maximum absolute atomic E-state index is 12.5. The Labute approximate surface area is 172 Å². The third-order valence-corrected chi connectivity index (χ3v) is 4.69. The number of ether oxygens (including phenoxy) is 1. The molecule has 3 rings (SSSR count). The Bertz CT molecular complexity index is 1010. The largest absolute Gasteiger partial charge is 0.452 e. The van der Waals surface area contributed by atoms with E-state index in [-0.39, 0.29) is 5.69 Å². The van der Waals surface area contributed by atoms with Gasteiger partial charge < -0.3 is 10.1 Å². The van der Waals surface area contributed by atoms with Crippen LogP contribution in [0.5, 0.6) is 0 Å². The Hall–Kier alpha value is -2.83. The predicted molar refractivity (Wildman–Crippen MR) is 108 cm³/mol. The number of aryl methyl sites for hydroxylation is 1. The van der Waals surface area contributed by atoms with Crippen molar-refractivity contribution in [1.82, 2.24) is 9.78 Å². The van der Waals surface area contributed by atoms with Gasteiger partial charge >= 0.3 is 5.97 Å². The molecular formula is C20H17Cl2N3O3. The summed E-state index contributed by atoms with van der Waals surface area (Å²) in [6.45, 7) is 3.01. The van der Waals surface area contributed by atoms with Gasteiger partial charge in [0.05, 0.1) is 32.8 Å². The van der Waals surface area contributed by atoms with Crippen molar-refractivity contribution < 1.29 is 14.3 Å². The predicted octanol–water partition coefficient (Wildman–Crippen LogP) is 4.59. The minimum atomic E-state index is -0.627. The number of nitrogens with zero attached hydrogens (tertiary/aromatic N) is 2. The van der Waals surface area contributed by atoms with Crippen LogP contribution in [0.3, 0.4) is 0 Å². The molecule has 0 bridgehead atoms. The maximum Gasteiger partial charge on any atom is 0.342 e. The first-order valence-corrected chi connectivity index (χ1v) is 9.16. The Kier molecular flexibility index (Phi) is 6.02. The van der Waals surface area contributed by atoms with Gasteiger partial charge in [0.25, 0.3) is 5.91 Å². The van der Waals surface area contributed by atoms with Crippen LogP contribution < -0.4 is 5.32 Å². The summed E-state index contributed by atoms with van der Waals surface area (Å²) in [7, 11) is 0. The smallest absolute Gasteiger partial charge is 0.342 e. The highest BCUT2D eigenvalue weighted by Crippen LogP contribution is 2.29. The lowest BCUT2D eigenvalue weighted by atomic mass is 10.2. The van der Waals surface area contributed by atoms with Crippen LogP contribution in [0.2, 0.25) is 10.0 Å².